The van der Waals surface area contributed by atoms with Gasteiger partial charge in [0, 0.05) is 12.7 Å². The van der Waals surface area contributed by atoms with E-state index in [1.54, 1.807) is 18.5 Å². The SMILES string of the molecule is Cc1nnc(COC(=O)c2ccc(F)cc2N)n1C. The largest absolute Gasteiger partial charge is 0.454 e. The van der Waals surface area contributed by atoms with E-state index in [4.69, 9.17) is 10.5 Å². The lowest BCUT2D eigenvalue weighted by Gasteiger charge is -2.06. The number of aromatic nitrogens is 3. The minimum Gasteiger partial charge on any atom is -0.454 e. The third-order valence-corrected chi connectivity index (χ3v) is 2.75. The number of nitrogens with two attached hydrogens (primary N) is 1. The smallest absolute Gasteiger partial charge is 0.340 e. The molecule has 2 aromatic rings. The lowest BCUT2D eigenvalue weighted by Crippen LogP contribution is -2.11. The summed E-state index contributed by atoms with van der Waals surface area (Å²) >= 11 is 0. The number of benzene rings is 1. The van der Waals surface area contributed by atoms with E-state index >= 15 is 0 Å². The first-order valence-electron chi connectivity index (χ1n) is 5.56. The van der Waals surface area contributed by atoms with Crippen LogP contribution in [0.5, 0.6) is 0 Å². The predicted octanol–water partition coefficient (Wildman–Crippen LogP) is 1.20. The van der Waals surface area contributed by atoms with Crippen LogP contribution < -0.4 is 5.73 Å². The molecule has 0 saturated carbocycles. The van der Waals surface area contributed by atoms with Crippen LogP contribution in [0.4, 0.5) is 10.1 Å². The van der Waals surface area contributed by atoms with Gasteiger partial charge in [-0.3, -0.25) is 0 Å². The number of carbonyl (C=O) groups excluding carboxylic acids is 1. The molecule has 100 valence electrons. The van der Waals surface area contributed by atoms with Crippen LogP contribution in [0.1, 0.15) is 22.0 Å². The van der Waals surface area contributed by atoms with Crippen molar-refractivity contribution in [1.82, 2.24) is 14.8 Å². The Labute approximate surface area is 109 Å². The summed E-state index contributed by atoms with van der Waals surface area (Å²) in [5.41, 5.74) is 5.72. The van der Waals surface area contributed by atoms with Crippen LogP contribution in [0.3, 0.4) is 0 Å². The van der Waals surface area contributed by atoms with Crippen LogP contribution in [0, 0.1) is 12.7 Å². The van der Waals surface area contributed by atoms with Crippen molar-refractivity contribution < 1.29 is 13.9 Å². The highest BCUT2D eigenvalue weighted by Crippen LogP contribution is 2.15. The molecule has 0 aliphatic carbocycles. The molecule has 1 heterocycles. The van der Waals surface area contributed by atoms with Crippen LogP contribution in [-0.2, 0) is 18.4 Å². The molecule has 2 rings (SSSR count). The third kappa shape index (κ3) is 2.70. The fourth-order valence-electron chi connectivity index (χ4n) is 1.50. The maximum Gasteiger partial charge on any atom is 0.340 e. The van der Waals surface area contributed by atoms with Gasteiger partial charge >= 0.3 is 5.97 Å². The van der Waals surface area contributed by atoms with E-state index in [1.165, 1.54) is 6.07 Å². The zero-order chi connectivity index (χ0) is 14.0. The molecule has 0 aliphatic heterocycles. The van der Waals surface area contributed by atoms with Crippen LogP contribution in [0.15, 0.2) is 18.2 Å². The van der Waals surface area contributed by atoms with E-state index in [1.807, 2.05) is 0 Å². The Bertz CT molecular complexity index is 624. The Kier molecular flexibility index (Phi) is 3.46. The molecule has 19 heavy (non-hydrogen) atoms. The second-order valence-electron chi connectivity index (χ2n) is 4.03. The van der Waals surface area contributed by atoms with Crippen LogP contribution in [-0.4, -0.2) is 20.7 Å². The average molecular weight is 264 g/mol. The monoisotopic (exact) mass is 264 g/mol. The normalized spacial score (nSPS) is 10.5. The Morgan fingerprint density at radius 3 is 2.79 bits per heavy atom. The Balaban J connectivity index is 2.07. The number of halogens is 1. The summed E-state index contributed by atoms with van der Waals surface area (Å²) in [7, 11) is 1.77. The quantitative estimate of drug-likeness (QED) is 0.665. The molecule has 0 saturated heterocycles. The maximum atomic E-state index is 12.9. The van der Waals surface area contributed by atoms with Gasteiger partial charge in [-0.1, -0.05) is 0 Å². The minimum absolute atomic E-state index is 0.0208. The van der Waals surface area contributed by atoms with Gasteiger partial charge in [0.05, 0.1) is 5.56 Å². The molecule has 0 radical (unpaired) electrons. The topological polar surface area (TPSA) is 83.0 Å². The first-order valence-corrected chi connectivity index (χ1v) is 5.56. The average Bonchev–Trinajstić information content (AvgIpc) is 2.67. The van der Waals surface area contributed by atoms with Crippen molar-refractivity contribution in [3.8, 4) is 0 Å². The predicted molar refractivity (Wildman–Crippen MR) is 65.7 cm³/mol. The first kappa shape index (κ1) is 13.0. The number of hydrogen-bond donors (Lipinski definition) is 1. The molecule has 0 fully saturated rings. The molecule has 0 bridgehead atoms. The third-order valence-electron chi connectivity index (χ3n) is 2.75. The van der Waals surface area contributed by atoms with Gasteiger partial charge in [0.1, 0.15) is 11.6 Å². The number of carbonyl (C=O) groups is 1. The molecule has 0 aliphatic rings. The number of nitrogens with zero attached hydrogens (tertiary/aromatic N) is 3. The Morgan fingerprint density at radius 1 is 1.47 bits per heavy atom. The van der Waals surface area contributed by atoms with Gasteiger partial charge in [-0.05, 0) is 25.1 Å². The Morgan fingerprint density at radius 2 is 2.21 bits per heavy atom. The molecule has 0 amide bonds. The number of hydrogen-bond acceptors (Lipinski definition) is 5. The van der Waals surface area contributed by atoms with Gasteiger partial charge in [-0.15, -0.1) is 10.2 Å². The van der Waals surface area contributed by atoms with Crippen LogP contribution in [0.25, 0.3) is 0 Å². The second-order valence-corrected chi connectivity index (χ2v) is 4.03. The first-order chi connectivity index (χ1) is 8.99. The highest BCUT2D eigenvalue weighted by molar-refractivity contribution is 5.94. The van der Waals surface area contributed by atoms with E-state index in [0.29, 0.717) is 11.6 Å². The molecule has 0 unspecified atom stereocenters. The summed E-state index contributed by atoms with van der Waals surface area (Å²) in [6, 6.07) is 3.51. The van der Waals surface area contributed by atoms with E-state index in [9.17, 15) is 9.18 Å². The van der Waals surface area contributed by atoms with E-state index in [2.05, 4.69) is 10.2 Å². The van der Waals surface area contributed by atoms with Gasteiger partial charge < -0.3 is 15.0 Å². The standard InChI is InChI=1S/C12H13FN4O2/c1-7-15-16-11(17(7)2)6-19-12(18)9-4-3-8(13)5-10(9)14/h3-5H,6,14H2,1-2H3. The maximum absolute atomic E-state index is 12.9. The molecule has 6 nitrogen and oxygen atoms in total. The number of ether oxygens (including phenoxy) is 1. The van der Waals surface area contributed by atoms with Crippen LogP contribution >= 0.6 is 0 Å². The summed E-state index contributed by atoms with van der Waals surface area (Å²) in [6.45, 7) is 1.77. The van der Waals surface area contributed by atoms with E-state index in [-0.39, 0.29) is 17.9 Å². The molecule has 2 N–H and O–H groups in total. The highest BCUT2D eigenvalue weighted by Gasteiger charge is 2.14. The van der Waals surface area contributed by atoms with E-state index in [0.717, 1.165) is 12.1 Å². The number of nitrogen functional groups attached to an aromatic ring is 1. The minimum atomic E-state index is -0.627. The van der Waals surface area contributed by atoms with Gasteiger partial charge in [0.2, 0.25) is 0 Å². The lowest BCUT2D eigenvalue weighted by atomic mass is 10.2. The molecule has 0 spiro atoms. The summed E-state index contributed by atoms with van der Waals surface area (Å²) in [5, 5.41) is 7.71. The summed E-state index contributed by atoms with van der Waals surface area (Å²) in [6.07, 6.45) is 0. The number of aryl methyl sites for hydroxylation is 1. The van der Waals surface area contributed by atoms with Crippen molar-refractivity contribution in [2.75, 3.05) is 5.73 Å². The van der Waals surface area contributed by atoms with Crippen molar-refractivity contribution in [3.63, 3.8) is 0 Å². The van der Waals surface area contributed by atoms with Crippen molar-refractivity contribution in [2.45, 2.75) is 13.5 Å². The fraction of sp³-hybridized carbons (Fsp3) is 0.250. The second kappa shape index (κ2) is 5.05. The summed E-state index contributed by atoms with van der Waals surface area (Å²) in [4.78, 5) is 11.8. The number of anilines is 1. The van der Waals surface area contributed by atoms with Crippen molar-refractivity contribution in [1.29, 1.82) is 0 Å². The number of esters is 1. The van der Waals surface area contributed by atoms with Gasteiger partial charge in [-0.2, -0.15) is 0 Å². The molecular weight excluding hydrogens is 251 g/mol. The highest BCUT2D eigenvalue weighted by atomic mass is 19.1. The van der Waals surface area contributed by atoms with Gasteiger partial charge in [0.25, 0.3) is 0 Å². The van der Waals surface area contributed by atoms with E-state index < -0.39 is 11.8 Å². The van der Waals surface area contributed by atoms with Crippen molar-refractivity contribution >= 4 is 11.7 Å². The van der Waals surface area contributed by atoms with Gasteiger partial charge in [-0.25, -0.2) is 9.18 Å². The molecule has 7 heteroatoms. The fourth-order valence-corrected chi connectivity index (χ4v) is 1.50. The van der Waals surface area contributed by atoms with Gasteiger partial charge in [0.15, 0.2) is 12.4 Å². The molecule has 1 aromatic carbocycles. The summed E-state index contributed by atoms with van der Waals surface area (Å²) < 4.78 is 19.6. The molecular formula is C12H13FN4O2. The van der Waals surface area contributed by atoms with Crippen LogP contribution in [0.2, 0.25) is 0 Å². The lowest BCUT2D eigenvalue weighted by molar-refractivity contribution is 0.0460. The Hall–Kier alpha value is -2.44. The zero-order valence-corrected chi connectivity index (χ0v) is 10.6. The molecule has 1 aromatic heterocycles. The van der Waals surface area contributed by atoms with Crippen molar-refractivity contribution in [2.24, 2.45) is 7.05 Å². The molecule has 0 atom stereocenters. The number of rotatable bonds is 3. The zero-order valence-electron chi connectivity index (χ0n) is 10.6. The van der Waals surface area contributed by atoms with Crippen molar-refractivity contribution in [3.05, 3.63) is 41.2 Å². The summed E-state index contributed by atoms with van der Waals surface area (Å²) in [5.74, 6) is 0.106.